The zero-order valence-electron chi connectivity index (χ0n) is 14.3. The number of fused-ring (bicyclic) bond motifs is 6. The van der Waals surface area contributed by atoms with Gasteiger partial charge in [0.05, 0.1) is 6.10 Å². The van der Waals surface area contributed by atoms with Gasteiger partial charge in [0.2, 0.25) is 0 Å². The van der Waals surface area contributed by atoms with Gasteiger partial charge in [0.25, 0.3) is 0 Å². The summed E-state index contributed by atoms with van der Waals surface area (Å²) in [5.74, 6) is 1.68. The van der Waals surface area contributed by atoms with E-state index < -0.39 is 6.16 Å². The average molecular weight is 326 g/mol. The molecule has 4 heteroatoms. The number of phenols is 1. The summed E-state index contributed by atoms with van der Waals surface area (Å²) in [5.41, 5.74) is 3.06. The highest BCUT2D eigenvalue weighted by atomic mass is 16.7. The van der Waals surface area contributed by atoms with Crippen LogP contribution < -0.4 is 4.74 Å². The van der Waals surface area contributed by atoms with Crippen LogP contribution in [0.5, 0.6) is 11.5 Å². The van der Waals surface area contributed by atoms with E-state index in [2.05, 4.69) is 0 Å². The van der Waals surface area contributed by atoms with Crippen molar-refractivity contribution >= 4 is 16.9 Å². The van der Waals surface area contributed by atoms with Crippen molar-refractivity contribution in [2.45, 2.75) is 58.0 Å². The Kier molecular flexibility index (Phi) is 3.44. The molecule has 2 unspecified atom stereocenters. The molecular weight excluding hydrogens is 304 g/mol. The van der Waals surface area contributed by atoms with Gasteiger partial charge in [-0.05, 0) is 57.9 Å². The summed E-state index contributed by atoms with van der Waals surface area (Å²) in [6, 6.07) is 5.85. The first kappa shape index (κ1) is 15.3. The molecule has 0 saturated heterocycles. The van der Waals surface area contributed by atoms with Gasteiger partial charge in [-0.3, -0.25) is 0 Å². The Morgan fingerprint density at radius 2 is 1.88 bits per heavy atom. The minimum Gasteiger partial charge on any atom is -0.507 e. The van der Waals surface area contributed by atoms with Crippen molar-refractivity contribution in [3.8, 4) is 11.5 Å². The molecule has 0 aromatic heterocycles. The third-order valence-corrected chi connectivity index (χ3v) is 5.23. The lowest BCUT2D eigenvalue weighted by atomic mass is 9.87. The molecule has 0 heterocycles. The fourth-order valence-corrected chi connectivity index (χ4v) is 4.33. The topological polar surface area (TPSA) is 55.8 Å². The molecule has 4 rings (SSSR count). The number of benzene rings is 2. The first-order valence-electron chi connectivity index (χ1n) is 8.63. The molecule has 1 fully saturated rings. The monoisotopic (exact) mass is 326 g/mol. The average Bonchev–Trinajstić information content (AvgIpc) is 3.11. The van der Waals surface area contributed by atoms with Crippen LogP contribution in [0.2, 0.25) is 0 Å². The van der Waals surface area contributed by atoms with E-state index in [0.717, 1.165) is 46.7 Å². The number of hydrogen-bond donors (Lipinski definition) is 1. The van der Waals surface area contributed by atoms with Gasteiger partial charge in [-0.15, -0.1) is 0 Å². The number of ether oxygens (including phenoxy) is 2. The Hall–Kier alpha value is -2.23. The Labute approximate surface area is 141 Å². The zero-order chi connectivity index (χ0) is 17.0. The van der Waals surface area contributed by atoms with Gasteiger partial charge in [0.1, 0.15) is 11.5 Å². The minimum absolute atomic E-state index is 0.230. The van der Waals surface area contributed by atoms with Crippen molar-refractivity contribution in [1.29, 1.82) is 0 Å². The molecule has 24 heavy (non-hydrogen) atoms. The van der Waals surface area contributed by atoms with Gasteiger partial charge in [0.15, 0.2) is 0 Å². The normalized spacial score (nSPS) is 21.3. The molecule has 1 saturated carbocycles. The molecule has 126 valence electrons. The molecule has 0 aliphatic heterocycles. The van der Waals surface area contributed by atoms with Crippen molar-refractivity contribution < 1.29 is 19.4 Å². The van der Waals surface area contributed by atoms with Crippen LogP contribution in [-0.4, -0.2) is 17.4 Å². The molecular formula is C20H22O4. The highest BCUT2D eigenvalue weighted by molar-refractivity contribution is 5.98. The van der Waals surface area contributed by atoms with E-state index in [1.807, 2.05) is 25.1 Å². The van der Waals surface area contributed by atoms with Crippen molar-refractivity contribution in [3.63, 3.8) is 0 Å². The number of aromatic hydroxyl groups is 1. The van der Waals surface area contributed by atoms with E-state index in [1.54, 1.807) is 13.8 Å². The van der Waals surface area contributed by atoms with Crippen molar-refractivity contribution in [2.75, 3.05) is 0 Å². The smallest absolute Gasteiger partial charge is 0.507 e. The number of hydrogen-bond acceptors (Lipinski definition) is 4. The molecule has 2 aliphatic rings. The Bertz CT molecular complexity index is 837. The van der Waals surface area contributed by atoms with Crippen LogP contribution in [0.3, 0.4) is 0 Å². The number of aryl methyl sites for hydroxylation is 1. The largest absolute Gasteiger partial charge is 0.514 e. The lowest BCUT2D eigenvalue weighted by Gasteiger charge is -2.22. The van der Waals surface area contributed by atoms with Gasteiger partial charge >= 0.3 is 6.16 Å². The number of carbonyl (C=O) groups is 1. The zero-order valence-corrected chi connectivity index (χ0v) is 14.3. The van der Waals surface area contributed by atoms with E-state index in [9.17, 15) is 9.90 Å². The van der Waals surface area contributed by atoms with Crippen LogP contribution in [-0.2, 0) is 4.74 Å². The fraction of sp³-hybridized carbons (Fsp3) is 0.450. The van der Waals surface area contributed by atoms with Crippen LogP contribution >= 0.6 is 0 Å². The van der Waals surface area contributed by atoms with Gasteiger partial charge in [-0.2, -0.15) is 0 Å². The van der Waals surface area contributed by atoms with Crippen molar-refractivity contribution in [3.05, 3.63) is 34.9 Å². The maximum atomic E-state index is 12.1. The number of carbonyl (C=O) groups excluding carboxylic acids is 1. The molecule has 0 spiro atoms. The molecule has 2 bridgehead atoms. The summed E-state index contributed by atoms with van der Waals surface area (Å²) >= 11 is 0. The highest BCUT2D eigenvalue weighted by Gasteiger charge is 2.42. The molecule has 2 atom stereocenters. The van der Waals surface area contributed by atoms with E-state index in [1.165, 1.54) is 0 Å². The lowest BCUT2D eigenvalue weighted by molar-refractivity contribution is 0.0729. The molecule has 0 radical (unpaired) electrons. The Morgan fingerprint density at radius 1 is 1.17 bits per heavy atom. The van der Waals surface area contributed by atoms with Crippen LogP contribution in [0, 0.1) is 6.92 Å². The van der Waals surface area contributed by atoms with Crippen molar-refractivity contribution in [2.24, 2.45) is 0 Å². The summed E-state index contributed by atoms with van der Waals surface area (Å²) in [6.45, 7) is 5.59. The van der Waals surface area contributed by atoms with Crippen LogP contribution in [0.25, 0.3) is 10.8 Å². The van der Waals surface area contributed by atoms with E-state index in [-0.39, 0.29) is 6.10 Å². The molecule has 0 amide bonds. The second-order valence-electron chi connectivity index (χ2n) is 7.28. The third-order valence-electron chi connectivity index (χ3n) is 5.23. The van der Waals surface area contributed by atoms with Gasteiger partial charge in [-0.25, -0.2) is 4.79 Å². The SMILES string of the molecule is Cc1ccc2c(O)c3c(c(OC(=O)OC(C)C)c2c1)C1CCC3C1. The van der Waals surface area contributed by atoms with Crippen LogP contribution in [0.1, 0.15) is 61.6 Å². The van der Waals surface area contributed by atoms with Gasteiger partial charge < -0.3 is 14.6 Å². The first-order chi connectivity index (χ1) is 11.5. The molecule has 4 nitrogen and oxygen atoms in total. The predicted octanol–water partition coefficient (Wildman–Crippen LogP) is 5.14. The maximum Gasteiger partial charge on any atom is 0.514 e. The minimum atomic E-state index is -0.677. The van der Waals surface area contributed by atoms with Gasteiger partial charge in [-0.1, -0.05) is 17.7 Å². The van der Waals surface area contributed by atoms with Gasteiger partial charge in [0, 0.05) is 21.9 Å². The Balaban J connectivity index is 1.93. The summed E-state index contributed by atoms with van der Waals surface area (Å²) in [6.07, 6.45) is 2.31. The van der Waals surface area contributed by atoms with Crippen molar-refractivity contribution in [1.82, 2.24) is 0 Å². The van der Waals surface area contributed by atoms with Crippen LogP contribution in [0.4, 0.5) is 4.79 Å². The molecule has 2 aliphatic carbocycles. The van der Waals surface area contributed by atoms with Crippen LogP contribution in [0.15, 0.2) is 18.2 Å². The third kappa shape index (κ3) is 2.24. The molecule has 1 N–H and O–H groups in total. The fourth-order valence-electron chi connectivity index (χ4n) is 4.33. The van der Waals surface area contributed by atoms with E-state index >= 15 is 0 Å². The summed E-state index contributed by atoms with van der Waals surface area (Å²) in [4.78, 5) is 12.1. The predicted molar refractivity (Wildman–Crippen MR) is 91.9 cm³/mol. The quantitative estimate of drug-likeness (QED) is 0.613. The Morgan fingerprint density at radius 3 is 2.58 bits per heavy atom. The van der Waals surface area contributed by atoms with E-state index in [0.29, 0.717) is 23.3 Å². The standard InChI is InChI=1S/C20H22O4/c1-10(2)23-20(22)24-19-15-8-11(3)4-7-14(15)18(21)16-12-5-6-13(9-12)17(16)19/h4,7-8,10,12-13,21H,5-6,9H2,1-3H3. The molecule has 2 aromatic rings. The first-order valence-corrected chi connectivity index (χ1v) is 8.63. The second kappa shape index (κ2) is 5.40. The molecule has 2 aromatic carbocycles. The second-order valence-corrected chi connectivity index (χ2v) is 7.28. The number of rotatable bonds is 2. The maximum absolute atomic E-state index is 12.1. The summed E-state index contributed by atoms with van der Waals surface area (Å²) < 4.78 is 10.9. The lowest BCUT2D eigenvalue weighted by Crippen LogP contribution is -2.17. The summed E-state index contributed by atoms with van der Waals surface area (Å²) in [7, 11) is 0. The highest BCUT2D eigenvalue weighted by Crippen LogP contribution is 2.60. The van der Waals surface area contributed by atoms with E-state index in [4.69, 9.17) is 9.47 Å². The number of phenolic OH excluding ortho intramolecular Hbond substituents is 1. The summed E-state index contributed by atoms with van der Waals surface area (Å²) in [5, 5.41) is 12.4.